The molecule has 0 radical (unpaired) electrons. The lowest BCUT2D eigenvalue weighted by atomic mass is 10.2. The van der Waals surface area contributed by atoms with E-state index in [9.17, 15) is 0 Å². The van der Waals surface area contributed by atoms with E-state index in [2.05, 4.69) is 33.8 Å². The number of nitrogens with zero attached hydrogens (tertiary/aromatic N) is 4. The molecule has 0 spiro atoms. The summed E-state index contributed by atoms with van der Waals surface area (Å²) in [4.78, 5) is 9.22. The van der Waals surface area contributed by atoms with Gasteiger partial charge in [-0.25, -0.2) is 0 Å². The quantitative estimate of drug-likeness (QED) is 0.752. The number of benzene rings is 1. The number of halogens is 1. The lowest BCUT2D eigenvalue weighted by Crippen LogP contribution is -2.47. The Hall–Kier alpha value is -1.63. The van der Waals surface area contributed by atoms with E-state index in [0.717, 1.165) is 55.9 Å². The Morgan fingerprint density at radius 3 is 2.44 bits per heavy atom. The van der Waals surface area contributed by atoms with Crippen molar-refractivity contribution in [1.82, 2.24) is 19.9 Å². The van der Waals surface area contributed by atoms with E-state index in [0.29, 0.717) is 18.4 Å². The van der Waals surface area contributed by atoms with Crippen molar-refractivity contribution in [2.45, 2.75) is 26.3 Å². The van der Waals surface area contributed by atoms with Crippen LogP contribution in [-0.2, 0) is 6.54 Å². The predicted molar refractivity (Wildman–Crippen MR) is 97.1 cm³/mol. The molecule has 0 saturated carbocycles. The number of ether oxygens (including phenoxy) is 1. The molecule has 0 aliphatic carbocycles. The summed E-state index contributed by atoms with van der Waals surface area (Å²) in [6, 6.07) is 7.49. The summed E-state index contributed by atoms with van der Waals surface area (Å²) in [5.41, 5.74) is 0. The predicted octanol–water partition coefficient (Wildman–Crippen LogP) is 3.04. The lowest BCUT2D eigenvalue weighted by Gasteiger charge is -2.33. The SMILES string of the molecule is CC(C)c1noc(CN2CCN(CCOc3ccc(Cl)cc3)CC2)n1. The van der Waals surface area contributed by atoms with E-state index >= 15 is 0 Å². The third kappa shape index (κ3) is 5.42. The molecular formula is C18H25ClN4O2. The topological polar surface area (TPSA) is 54.6 Å². The molecule has 1 aromatic carbocycles. The van der Waals surface area contributed by atoms with Gasteiger partial charge in [-0.1, -0.05) is 30.6 Å². The summed E-state index contributed by atoms with van der Waals surface area (Å²) in [5, 5.41) is 4.75. The van der Waals surface area contributed by atoms with Crippen LogP contribution in [0, 0.1) is 0 Å². The maximum absolute atomic E-state index is 5.87. The zero-order valence-corrected chi connectivity index (χ0v) is 15.6. The molecule has 25 heavy (non-hydrogen) atoms. The van der Waals surface area contributed by atoms with E-state index in [-0.39, 0.29) is 0 Å². The molecule has 0 amide bonds. The van der Waals surface area contributed by atoms with Gasteiger partial charge < -0.3 is 9.26 Å². The van der Waals surface area contributed by atoms with Crippen molar-refractivity contribution >= 4 is 11.6 Å². The second kappa shape index (κ2) is 8.65. The minimum atomic E-state index is 0.301. The Morgan fingerprint density at radius 2 is 1.80 bits per heavy atom. The van der Waals surface area contributed by atoms with Gasteiger partial charge in [-0.2, -0.15) is 4.98 Å². The van der Waals surface area contributed by atoms with Crippen LogP contribution in [0.3, 0.4) is 0 Å². The van der Waals surface area contributed by atoms with Crippen LogP contribution in [-0.4, -0.2) is 59.3 Å². The van der Waals surface area contributed by atoms with Crippen LogP contribution >= 0.6 is 11.6 Å². The fraction of sp³-hybridized carbons (Fsp3) is 0.556. The van der Waals surface area contributed by atoms with E-state index < -0.39 is 0 Å². The molecule has 1 aliphatic heterocycles. The smallest absolute Gasteiger partial charge is 0.240 e. The first-order valence-corrected chi connectivity index (χ1v) is 9.13. The van der Waals surface area contributed by atoms with Crippen molar-refractivity contribution in [3.8, 4) is 5.75 Å². The molecule has 3 rings (SSSR count). The highest BCUT2D eigenvalue weighted by Gasteiger charge is 2.19. The van der Waals surface area contributed by atoms with Crippen LogP contribution in [0.5, 0.6) is 5.75 Å². The summed E-state index contributed by atoms with van der Waals surface area (Å²) in [6.45, 7) is 10.5. The fourth-order valence-electron chi connectivity index (χ4n) is 2.75. The number of piperazine rings is 1. The van der Waals surface area contributed by atoms with Crippen LogP contribution in [0.2, 0.25) is 5.02 Å². The summed E-state index contributed by atoms with van der Waals surface area (Å²) in [6.07, 6.45) is 0. The van der Waals surface area contributed by atoms with Gasteiger partial charge in [-0.05, 0) is 24.3 Å². The molecule has 0 atom stereocenters. The van der Waals surface area contributed by atoms with E-state index in [4.69, 9.17) is 20.9 Å². The largest absolute Gasteiger partial charge is 0.492 e. The Kier molecular flexibility index (Phi) is 6.29. The van der Waals surface area contributed by atoms with Crippen molar-refractivity contribution in [2.24, 2.45) is 0 Å². The van der Waals surface area contributed by atoms with Crippen molar-refractivity contribution in [1.29, 1.82) is 0 Å². The van der Waals surface area contributed by atoms with Crippen LogP contribution in [0.15, 0.2) is 28.8 Å². The number of aromatic nitrogens is 2. The van der Waals surface area contributed by atoms with Gasteiger partial charge in [0, 0.05) is 43.7 Å². The second-order valence-electron chi connectivity index (χ2n) is 6.62. The first-order chi connectivity index (χ1) is 12.1. The Morgan fingerprint density at radius 1 is 1.12 bits per heavy atom. The summed E-state index contributed by atoms with van der Waals surface area (Å²) < 4.78 is 11.1. The summed E-state index contributed by atoms with van der Waals surface area (Å²) in [5.74, 6) is 2.66. The lowest BCUT2D eigenvalue weighted by molar-refractivity contribution is 0.104. The number of hydrogen-bond donors (Lipinski definition) is 0. The molecule has 0 unspecified atom stereocenters. The van der Waals surface area contributed by atoms with Crippen LogP contribution < -0.4 is 4.74 Å². The first kappa shape index (κ1) is 18.2. The molecular weight excluding hydrogens is 340 g/mol. The third-order valence-corrected chi connectivity index (χ3v) is 4.57. The highest BCUT2D eigenvalue weighted by molar-refractivity contribution is 6.30. The third-order valence-electron chi connectivity index (χ3n) is 4.31. The molecule has 1 fully saturated rings. The van der Waals surface area contributed by atoms with Crippen molar-refractivity contribution < 1.29 is 9.26 Å². The summed E-state index contributed by atoms with van der Waals surface area (Å²) in [7, 11) is 0. The monoisotopic (exact) mass is 364 g/mol. The highest BCUT2D eigenvalue weighted by Crippen LogP contribution is 2.16. The standard InChI is InChI=1S/C18H25ClN4O2/c1-14(2)18-20-17(25-21-18)13-23-9-7-22(8-10-23)11-12-24-16-5-3-15(19)4-6-16/h3-6,14H,7-13H2,1-2H3. The Balaban J connectivity index is 1.36. The van der Waals surface area contributed by atoms with Gasteiger partial charge in [0.15, 0.2) is 5.82 Å². The molecule has 1 aromatic heterocycles. The van der Waals surface area contributed by atoms with Gasteiger partial charge in [0.2, 0.25) is 5.89 Å². The van der Waals surface area contributed by atoms with Crippen molar-refractivity contribution in [3.63, 3.8) is 0 Å². The fourth-order valence-corrected chi connectivity index (χ4v) is 2.88. The van der Waals surface area contributed by atoms with Gasteiger partial charge in [0.1, 0.15) is 12.4 Å². The normalized spacial score (nSPS) is 16.5. The maximum Gasteiger partial charge on any atom is 0.240 e. The minimum Gasteiger partial charge on any atom is -0.492 e. The minimum absolute atomic E-state index is 0.301. The van der Waals surface area contributed by atoms with Gasteiger partial charge >= 0.3 is 0 Å². The molecule has 2 aromatic rings. The van der Waals surface area contributed by atoms with Gasteiger partial charge in [-0.3, -0.25) is 9.80 Å². The number of hydrogen-bond acceptors (Lipinski definition) is 6. The zero-order valence-electron chi connectivity index (χ0n) is 14.8. The second-order valence-corrected chi connectivity index (χ2v) is 7.06. The molecule has 1 saturated heterocycles. The molecule has 136 valence electrons. The van der Waals surface area contributed by atoms with Gasteiger partial charge in [0.05, 0.1) is 6.54 Å². The molecule has 0 N–H and O–H groups in total. The average Bonchev–Trinajstić information content (AvgIpc) is 3.07. The van der Waals surface area contributed by atoms with Crippen LogP contribution in [0.1, 0.15) is 31.5 Å². The van der Waals surface area contributed by atoms with Crippen molar-refractivity contribution in [2.75, 3.05) is 39.3 Å². The highest BCUT2D eigenvalue weighted by atomic mass is 35.5. The Bertz CT molecular complexity index is 651. The molecule has 0 bridgehead atoms. The van der Waals surface area contributed by atoms with Gasteiger partial charge in [0.25, 0.3) is 0 Å². The zero-order chi connectivity index (χ0) is 17.6. The van der Waals surface area contributed by atoms with E-state index in [1.807, 2.05) is 24.3 Å². The molecule has 7 heteroatoms. The van der Waals surface area contributed by atoms with Crippen LogP contribution in [0.4, 0.5) is 0 Å². The first-order valence-electron chi connectivity index (χ1n) is 8.75. The molecule has 2 heterocycles. The van der Waals surface area contributed by atoms with Crippen molar-refractivity contribution in [3.05, 3.63) is 41.0 Å². The maximum atomic E-state index is 5.87. The molecule has 6 nitrogen and oxygen atoms in total. The van der Waals surface area contributed by atoms with E-state index in [1.54, 1.807) is 0 Å². The van der Waals surface area contributed by atoms with E-state index in [1.165, 1.54) is 0 Å². The molecule has 1 aliphatic rings. The average molecular weight is 365 g/mol. The summed E-state index contributed by atoms with van der Waals surface area (Å²) >= 11 is 5.87. The van der Waals surface area contributed by atoms with Crippen LogP contribution in [0.25, 0.3) is 0 Å². The van der Waals surface area contributed by atoms with Gasteiger partial charge in [-0.15, -0.1) is 0 Å². The Labute approximate surface area is 153 Å². The number of rotatable bonds is 7.